The number of hydrogen-bond donors (Lipinski definition) is 2. The third kappa shape index (κ3) is 2.93. The normalized spacial score (nSPS) is 11.9. The molecule has 0 fully saturated rings. The van der Waals surface area contributed by atoms with Crippen LogP contribution in [0.3, 0.4) is 0 Å². The summed E-state index contributed by atoms with van der Waals surface area (Å²) in [4.78, 5) is 4.06. The molecule has 2 aromatic rings. The molecule has 5 heteroatoms. The Hall–Kier alpha value is -2.30. The highest BCUT2D eigenvalue weighted by Crippen LogP contribution is 2.30. The summed E-state index contributed by atoms with van der Waals surface area (Å²) in [5.74, 6) is -0.310. The van der Waals surface area contributed by atoms with E-state index in [9.17, 15) is 4.39 Å². The van der Waals surface area contributed by atoms with Gasteiger partial charge in [0.25, 0.3) is 0 Å². The molecule has 0 amide bonds. The number of nitrogens with one attached hydrogen (secondary N) is 1. The molecule has 4 nitrogen and oxygen atoms in total. The van der Waals surface area contributed by atoms with E-state index >= 15 is 0 Å². The number of methoxy groups -OCH3 is 1. The Balaban J connectivity index is 2.24. The highest BCUT2D eigenvalue weighted by molar-refractivity contribution is 5.69. The first kappa shape index (κ1) is 13.1. The van der Waals surface area contributed by atoms with Crippen molar-refractivity contribution >= 4 is 11.4 Å². The Morgan fingerprint density at radius 3 is 2.84 bits per heavy atom. The molecule has 1 aromatic carbocycles. The van der Waals surface area contributed by atoms with Crippen molar-refractivity contribution in [3.8, 4) is 5.75 Å². The molecule has 0 aliphatic rings. The average molecular weight is 261 g/mol. The van der Waals surface area contributed by atoms with E-state index in [1.807, 2.05) is 19.1 Å². The van der Waals surface area contributed by atoms with Crippen LogP contribution in [0.15, 0.2) is 36.7 Å². The van der Waals surface area contributed by atoms with Crippen molar-refractivity contribution in [2.45, 2.75) is 13.0 Å². The molecule has 100 valence electrons. The van der Waals surface area contributed by atoms with E-state index in [1.54, 1.807) is 18.5 Å². The van der Waals surface area contributed by atoms with Gasteiger partial charge in [0.15, 0.2) is 11.6 Å². The number of rotatable bonds is 4. The first-order chi connectivity index (χ1) is 9.11. The second-order valence-corrected chi connectivity index (χ2v) is 4.23. The van der Waals surface area contributed by atoms with Crippen LogP contribution in [0.5, 0.6) is 5.75 Å². The molecule has 1 unspecified atom stereocenters. The van der Waals surface area contributed by atoms with Crippen LogP contribution >= 0.6 is 0 Å². The van der Waals surface area contributed by atoms with Crippen LogP contribution in [-0.4, -0.2) is 12.1 Å². The molecule has 2 rings (SSSR count). The smallest absolute Gasteiger partial charge is 0.167 e. The molecule has 1 heterocycles. The maximum Gasteiger partial charge on any atom is 0.167 e. The Bertz CT molecular complexity index is 560. The molecule has 3 N–H and O–H groups in total. The van der Waals surface area contributed by atoms with Gasteiger partial charge in [0, 0.05) is 24.5 Å². The van der Waals surface area contributed by atoms with Crippen LogP contribution in [0.1, 0.15) is 18.5 Å². The van der Waals surface area contributed by atoms with Gasteiger partial charge in [-0.05, 0) is 18.6 Å². The van der Waals surface area contributed by atoms with Gasteiger partial charge in [-0.3, -0.25) is 4.98 Å². The van der Waals surface area contributed by atoms with Gasteiger partial charge in [-0.25, -0.2) is 4.39 Å². The van der Waals surface area contributed by atoms with E-state index < -0.39 is 5.82 Å². The van der Waals surface area contributed by atoms with Crippen molar-refractivity contribution in [2.24, 2.45) is 0 Å². The molecule has 1 aromatic heterocycles. The summed E-state index contributed by atoms with van der Waals surface area (Å²) in [6, 6.07) is 6.63. The number of anilines is 2. The van der Waals surface area contributed by atoms with Gasteiger partial charge < -0.3 is 15.8 Å². The highest BCUT2D eigenvalue weighted by Gasteiger charge is 2.11. The molecular weight excluding hydrogens is 245 g/mol. The fraction of sp³-hybridized carbons (Fsp3) is 0.214. The van der Waals surface area contributed by atoms with E-state index in [2.05, 4.69) is 10.3 Å². The molecule has 0 aliphatic heterocycles. The van der Waals surface area contributed by atoms with Crippen LogP contribution in [0, 0.1) is 5.82 Å². The Kier molecular flexibility index (Phi) is 3.85. The predicted molar refractivity (Wildman–Crippen MR) is 73.6 cm³/mol. The highest BCUT2D eigenvalue weighted by atomic mass is 19.1. The first-order valence-electron chi connectivity index (χ1n) is 5.91. The second kappa shape index (κ2) is 5.56. The maximum absolute atomic E-state index is 13.4. The van der Waals surface area contributed by atoms with Crippen molar-refractivity contribution in [3.63, 3.8) is 0 Å². The number of ether oxygens (including phenoxy) is 1. The van der Waals surface area contributed by atoms with E-state index in [0.29, 0.717) is 11.4 Å². The number of nitrogen functional groups attached to an aromatic ring is 1. The van der Waals surface area contributed by atoms with E-state index in [0.717, 1.165) is 5.56 Å². The molecule has 0 spiro atoms. The van der Waals surface area contributed by atoms with Gasteiger partial charge in [0.1, 0.15) is 0 Å². The third-order valence-electron chi connectivity index (χ3n) is 2.88. The van der Waals surface area contributed by atoms with Crippen LogP contribution in [0.25, 0.3) is 0 Å². The Labute approximate surface area is 111 Å². The van der Waals surface area contributed by atoms with Crippen molar-refractivity contribution in [3.05, 3.63) is 48.0 Å². The van der Waals surface area contributed by atoms with E-state index in [1.165, 1.54) is 13.2 Å². The van der Waals surface area contributed by atoms with E-state index in [-0.39, 0.29) is 11.8 Å². The molecule has 19 heavy (non-hydrogen) atoms. The number of hydrogen-bond acceptors (Lipinski definition) is 4. The number of nitrogens with zero attached hydrogens (tertiary/aromatic N) is 1. The minimum absolute atomic E-state index is 0.00571. The van der Waals surface area contributed by atoms with Crippen LogP contribution < -0.4 is 15.8 Å². The second-order valence-electron chi connectivity index (χ2n) is 4.23. The van der Waals surface area contributed by atoms with Gasteiger partial charge in [0.05, 0.1) is 24.5 Å². The molecule has 1 atom stereocenters. The topological polar surface area (TPSA) is 60.2 Å². The minimum atomic E-state index is -0.473. The third-order valence-corrected chi connectivity index (χ3v) is 2.88. The summed E-state index contributed by atoms with van der Waals surface area (Å²) < 4.78 is 18.4. The van der Waals surface area contributed by atoms with Crippen LogP contribution in [0.4, 0.5) is 15.8 Å². The van der Waals surface area contributed by atoms with Crippen LogP contribution in [0.2, 0.25) is 0 Å². The number of nitrogens with two attached hydrogens (primary N) is 1. The predicted octanol–water partition coefficient (Wildman–Crippen LogP) is 2.98. The zero-order valence-corrected chi connectivity index (χ0v) is 10.9. The lowest BCUT2D eigenvalue weighted by Gasteiger charge is -2.17. The number of aromatic nitrogens is 1. The molecule has 0 saturated carbocycles. The van der Waals surface area contributed by atoms with Crippen molar-refractivity contribution < 1.29 is 9.13 Å². The average Bonchev–Trinajstić information content (AvgIpc) is 2.42. The molecule has 0 aliphatic carbocycles. The fourth-order valence-corrected chi connectivity index (χ4v) is 1.80. The lowest BCUT2D eigenvalue weighted by atomic mass is 10.1. The lowest BCUT2D eigenvalue weighted by molar-refractivity contribution is 0.387. The zero-order valence-electron chi connectivity index (χ0n) is 10.9. The SMILES string of the molecule is COc1cc(NC(C)c2cccnc2)c(N)cc1F. The minimum Gasteiger partial charge on any atom is -0.494 e. The van der Waals surface area contributed by atoms with Crippen molar-refractivity contribution in [1.82, 2.24) is 4.98 Å². The summed E-state index contributed by atoms with van der Waals surface area (Å²) in [6.45, 7) is 1.98. The summed E-state index contributed by atoms with van der Waals surface area (Å²) in [7, 11) is 1.42. The quantitative estimate of drug-likeness (QED) is 0.831. The number of halogens is 1. The molecule has 0 radical (unpaired) electrons. The molecular formula is C14H16FN3O. The maximum atomic E-state index is 13.4. The molecule has 0 saturated heterocycles. The summed E-state index contributed by atoms with van der Waals surface area (Å²) >= 11 is 0. The van der Waals surface area contributed by atoms with Crippen molar-refractivity contribution in [1.29, 1.82) is 0 Å². The molecule has 0 bridgehead atoms. The fourth-order valence-electron chi connectivity index (χ4n) is 1.80. The van der Waals surface area contributed by atoms with Gasteiger partial charge in [0.2, 0.25) is 0 Å². The van der Waals surface area contributed by atoms with Crippen LogP contribution in [-0.2, 0) is 0 Å². The largest absolute Gasteiger partial charge is 0.494 e. The summed E-state index contributed by atoms with van der Waals surface area (Å²) in [5, 5.41) is 3.22. The van der Waals surface area contributed by atoms with Gasteiger partial charge in [-0.15, -0.1) is 0 Å². The lowest BCUT2D eigenvalue weighted by Crippen LogP contribution is -2.09. The van der Waals surface area contributed by atoms with Gasteiger partial charge in [-0.2, -0.15) is 0 Å². The number of benzene rings is 1. The summed E-state index contributed by atoms with van der Waals surface area (Å²) in [6.07, 6.45) is 3.49. The first-order valence-corrected chi connectivity index (χ1v) is 5.91. The Morgan fingerprint density at radius 1 is 1.42 bits per heavy atom. The Morgan fingerprint density at radius 2 is 2.21 bits per heavy atom. The summed E-state index contributed by atoms with van der Waals surface area (Å²) in [5.41, 5.74) is 7.79. The number of pyridine rings is 1. The standard InChI is InChI=1S/C14H16FN3O/c1-9(10-4-3-5-17-8-10)18-13-7-14(19-2)11(15)6-12(13)16/h3-9,18H,16H2,1-2H3. The monoisotopic (exact) mass is 261 g/mol. The van der Waals surface area contributed by atoms with Gasteiger partial charge in [-0.1, -0.05) is 6.07 Å². The van der Waals surface area contributed by atoms with E-state index in [4.69, 9.17) is 10.5 Å². The van der Waals surface area contributed by atoms with Crippen molar-refractivity contribution in [2.75, 3.05) is 18.2 Å². The zero-order chi connectivity index (χ0) is 13.8. The van der Waals surface area contributed by atoms with Gasteiger partial charge >= 0.3 is 0 Å².